The molecule has 6 N–H and O–H groups in total. The minimum absolute atomic E-state index is 0.237. The number of aromatic nitrogens is 4. The van der Waals surface area contributed by atoms with Crippen LogP contribution in [-0.2, 0) is 0 Å². The molecule has 142 heavy (non-hydrogen) atoms. The zero-order chi connectivity index (χ0) is 97.7. The van der Waals surface area contributed by atoms with E-state index in [0.29, 0.717) is 45.8 Å². The first kappa shape index (κ1) is 97.0. The average molecular weight is 1930 g/mol. The zero-order valence-corrected chi connectivity index (χ0v) is 86.0. The van der Waals surface area contributed by atoms with Gasteiger partial charge in [-0.25, -0.2) is 19.9 Å². The van der Waals surface area contributed by atoms with Crippen LogP contribution >= 0.6 is 0 Å². The second kappa shape index (κ2) is 41.2. The fourth-order valence-electron chi connectivity index (χ4n) is 24.4. The first-order valence-electron chi connectivity index (χ1n) is 52.4. The van der Waals surface area contributed by atoms with Crippen molar-refractivity contribution in [2.75, 3.05) is 197 Å². The molecule has 12 fully saturated rings. The number of ether oxygens (including phenoxy) is 8. The number of hydrogen-bond acceptors (Lipinski definition) is 28. The maximum atomic E-state index is 6.56. The predicted molar refractivity (Wildman–Crippen MR) is 563 cm³/mol. The third-order valence-electron chi connectivity index (χ3n) is 33.0. The minimum Gasteiger partial charge on any atom is -0.493 e. The van der Waals surface area contributed by atoms with Gasteiger partial charge in [0.1, 0.15) is 58.0 Å². The lowest BCUT2D eigenvalue weighted by Gasteiger charge is -2.57. The summed E-state index contributed by atoms with van der Waals surface area (Å²) in [4.78, 5) is 34.4. The Morgan fingerprint density at radius 2 is 0.542 bits per heavy atom. The number of methoxy groups -OCH3 is 4. The molecule has 0 bridgehead atoms. The molecular weight excluding hydrogens is 1790 g/mol. The molecule has 0 radical (unpaired) electrons. The normalized spacial score (nSPS) is 22.2. The summed E-state index contributed by atoms with van der Waals surface area (Å²) >= 11 is 0. The van der Waals surface area contributed by atoms with Crippen molar-refractivity contribution in [3.8, 4) is 91.8 Å². The topological polar surface area (TPSA) is 270 Å². The Labute approximate surface area is 836 Å². The Morgan fingerprint density at radius 3 is 0.782 bits per heavy atom. The van der Waals surface area contributed by atoms with Crippen LogP contribution in [0.25, 0.3) is 89.4 Å². The van der Waals surface area contributed by atoms with Crippen LogP contribution in [0.15, 0.2) is 139 Å². The Morgan fingerprint density at radius 1 is 0.289 bits per heavy atom. The quantitative estimate of drug-likeness (QED) is 0.0328. The van der Waals surface area contributed by atoms with E-state index in [1.165, 1.54) is 51.9 Å². The van der Waals surface area contributed by atoms with Gasteiger partial charge >= 0.3 is 0 Å². The SMILES string of the molecule is COc1cc2c(NC3CCN(C)CC3)cc(-c3ccc(C)o3)nc2cc1OC1CC2(C1)CN(C)C2.COc1cc2c(NC3CCN(C)CC3)cc(-c3ccc(C)o3)nc2cc1OC1CC2(CCN(C)CC2)C1.COc1cc2c(NC3CCN(C)CC3)cc(-c3ccc(C)o3)nc2cc1OC1CC2(CCNCC2)C1.COc1cc2c(NC3CCN(C)CC3)cc(-c3ccc(C)o3)nc2cc1OC1CC2(CNC2)C1. The molecule has 8 aliphatic heterocycles. The van der Waals surface area contributed by atoms with Crippen LogP contribution in [0.1, 0.15) is 151 Å². The summed E-state index contributed by atoms with van der Waals surface area (Å²) in [5.41, 5.74) is 13.0. The number of piperidine rings is 6. The van der Waals surface area contributed by atoms with E-state index in [2.05, 4.69) is 164 Å². The van der Waals surface area contributed by atoms with E-state index < -0.39 is 0 Å². The summed E-state index contributed by atoms with van der Waals surface area (Å²) in [6.45, 7) is 25.9. The van der Waals surface area contributed by atoms with E-state index in [1.807, 2.05) is 88.4 Å². The first-order chi connectivity index (χ1) is 68.8. The molecule has 28 nitrogen and oxygen atoms in total. The number of rotatable bonds is 24. The van der Waals surface area contributed by atoms with Crippen LogP contribution < -0.4 is 69.8 Å². The molecule has 0 unspecified atom stereocenters. The maximum Gasteiger partial charge on any atom is 0.163 e. The molecule has 0 atom stereocenters. The van der Waals surface area contributed by atoms with Gasteiger partial charge in [-0.1, -0.05) is 0 Å². The van der Waals surface area contributed by atoms with Crippen molar-refractivity contribution in [3.63, 3.8) is 0 Å². The van der Waals surface area contributed by atoms with Gasteiger partial charge in [-0.15, -0.1) is 0 Å². The maximum absolute atomic E-state index is 6.56. The lowest BCUT2D eigenvalue weighted by molar-refractivity contribution is -0.109. The Balaban J connectivity index is 0.000000112. The summed E-state index contributed by atoms with van der Waals surface area (Å²) in [5, 5.41) is 26.3. The third-order valence-corrected chi connectivity index (χ3v) is 33.0. The Kier molecular flexibility index (Phi) is 28.2. The number of furan rings is 4. The summed E-state index contributed by atoms with van der Waals surface area (Å²) in [6, 6.07) is 42.6. The van der Waals surface area contributed by atoms with Crippen molar-refractivity contribution in [1.82, 2.24) is 60.0 Å². The van der Waals surface area contributed by atoms with Gasteiger partial charge in [0.25, 0.3) is 0 Å². The third kappa shape index (κ3) is 21.5. The van der Waals surface area contributed by atoms with Crippen LogP contribution in [-0.4, -0.2) is 273 Å². The highest BCUT2D eigenvalue weighted by molar-refractivity contribution is 5.99. The number of likely N-dealkylation sites (tertiary alicyclic amines) is 6. The summed E-state index contributed by atoms with van der Waals surface area (Å²) < 4.78 is 73.0. The highest BCUT2D eigenvalue weighted by Gasteiger charge is 2.54. The molecule has 12 aromatic rings. The van der Waals surface area contributed by atoms with Crippen molar-refractivity contribution in [1.29, 1.82) is 0 Å². The largest absolute Gasteiger partial charge is 0.493 e. The Hall–Kier alpha value is -11.1. The van der Waals surface area contributed by atoms with Crippen molar-refractivity contribution in [2.45, 2.75) is 205 Å². The van der Waals surface area contributed by atoms with Gasteiger partial charge in [0.15, 0.2) is 69.0 Å². The van der Waals surface area contributed by atoms with Gasteiger partial charge in [-0.2, -0.15) is 0 Å². The van der Waals surface area contributed by atoms with Gasteiger partial charge in [-0.05, 0) is 385 Å². The van der Waals surface area contributed by atoms with Crippen LogP contribution in [0, 0.1) is 49.4 Å². The van der Waals surface area contributed by atoms with Crippen molar-refractivity contribution < 1.29 is 55.6 Å². The molecule has 8 aromatic heterocycles. The fourth-order valence-corrected chi connectivity index (χ4v) is 24.4. The molecule has 4 saturated carbocycles. The smallest absolute Gasteiger partial charge is 0.163 e. The number of anilines is 4. The van der Waals surface area contributed by atoms with Crippen molar-refractivity contribution in [2.24, 2.45) is 21.7 Å². The molecule has 0 amide bonds. The molecule has 16 heterocycles. The minimum atomic E-state index is 0.237. The lowest BCUT2D eigenvalue weighted by Crippen LogP contribution is -2.63. The highest BCUT2D eigenvalue weighted by Crippen LogP contribution is 2.56. The summed E-state index contributed by atoms with van der Waals surface area (Å²) in [6.07, 6.45) is 23.9. The lowest BCUT2D eigenvalue weighted by atomic mass is 9.61. The van der Waals surface area contributed by atoms with Gasteiger partial charge in [0.05, 0.1) is 62.7 Å². The van der Waals surface area contributed by atoms with Crippen LogP contribution in [0.3, 0.4) is 0 Å². The first-order valence-corrected chi connectivity index (χ1v) is 52.4. The molecule has 12 aliphatic rings. The number of nitrogens with zero attached hydrogens (tertiary/aromatic N) is 10. The number of aryl methyl sites for hydroxylation is 4. The van der Waals surface area contributed by atoms with E-state index >= 15 is 0 Å². The standard InChI is InChI=1S/C30H40N4O3.C29H38N4O3.C28H36N4O3.C27H34N4O3/c1-20-5-6-27(36-20)26-16-24(31-21-7-11-33(2)12-8-21)23-15-28(35-4)29(17-25(23)32-26)37-22-18-30(19-22)9-13-34(3)14-10-30;1-19-4-5-26(35-19)25-15-23(31-20-6-12-33(2)13-7-20)22-14-27(34-3)28(16-24(22)32-25)36-21-17-29(18-21)8-10-30-11-9-29;1-18-5-6-25(34-18)24-12-22(29-19-7-9-31(2)10-8-19)21-11-26(33-4)27(13-23(21)30-24)35-20-14-28(15-20)16-32(3)17-28;1-17-4-5-24(33-17)23-11-21(29-18-6-8-31(2)9-7-18)20-10-25(32-3)26(12-22(20)30-23)34-19-13-27(14-19)15-28-16-27/h5-6,15-17,21-22H,7-14,18-19H2,1-4H3,(H,31,32);4-5,14-16,20-21,30H,6-13,17-18H2,1-3H3,(H,31,32);5-6,11-13,19-20H,7-10,14-17H2,1-4H3,(H,29,30);4-5,10-12,18-19,28H,6-9,13-16H2,1-3H3,(H,29,30). The monoisotopic (exact) mass is 1930 g/mol. The van der Waals surface area contributed by atoms with Gasteiger partial charge in [0.2, 0.25) is 0 Å². The predicted octanol–water partition coefficient (Wildman–Crippen LogP) is 20.0. The van der Waals surface area contributed by atoms with Crippen LogP contribution in [0.4, 0.5) is 22.7 Å². The average Bonchev–Trinajstić information content (AvgIpc) is 0.866. The van der Waals surface area contributed by atoms with Crippen LogP contribution in [0.2, 0.25) is 0 Å². The van der Waals surface area contributed by atoms with E-state index in [1.54, 1.807) is 28.4 Å². The number of nitrogens with one attached hydrogen (secondary N) is 6. The summed E-state index contributed by atoms with van der Waals surface area (Å²) in [5.74, 6) is 12.8. The van der Waals surface area contributed by atoms with E-state index in [9.17, 15) is 0 Å². The van der Waals surface area contributed by atoms with Gasteiger partial charge in [-0.3, -0.25) is 0 Å². The second-order valence-corrected chi connectivity index (χ2v) is 44.3. The molecule has 4 spiro atoms. The van der Waals surface area contributed by atoms with Gasteiger partial charge in [0, 0.05) is 130 Å². The number of fused-ring (bicyclic) bond motifs is 4. The fraction of sp³-hybridized carbons (Fsp3) is 0.544. The second-order valence-electron chi connectivity index (χ2n) is 44.3. The summed E-state index contributed by atoms with van der Waals surface area (Å²) in [7, 11) is 20.1. The number of pyridine rings is 4. The van der Waals surface area contributed by atoms with E-state index in [-0.39, 0.29) is 24.4 Å². The molecule has 8 saturated heterocycles. The molecule has 756 valence electrons. The molecular formula is C114H148N16O12. The number of benzene rings is 4. The zero-order valence-electron chi connectivity index (χ0n) is 86.0. The van der Waals surface area contributed by atoms with E-state index in [4.69, 9.17) is 75.5 Å². The van der Waals surface area contributed by atoms with E-state index in [0.717, 1.165) is 362 Å². The number of hydrogen-bond donors (Lipinski definition) is 6. The molecule has 28 heteroatoms. The van der Waals surface area contributed by atoms with Crippen LogP contribution in [0.5, 0.6) is 46.0 Å². The van der Waals surface area contributed by atoms with Gasteiger partial charge < -0.3 is 117 Å². The molecule has 4 aromatic carbocycles. The van der Waals surface area contributed by atoms with Crippen molar-refractivity contribution >= 4 is 66.4 Å². The molecule has 24 rings (SSSR count). The highest BCUT2D eigenvalue weighted by atomic mass is 16.5. The molecule has 4 aliphatic carbocycles. The van der Waals surface area contributed by atoms with Crippen molar-refractivity contribution in [3.05, 3.63) is 144 Å². The Bertz CT molecular complexity index is 6400.